The van der Waals surface area contributed by atoms with Crippen molar-refractivity contribution in [1.82, 2.24) is 20.4 Å². The number of rotatable bonds is 5. The van der Waals surface area contributed by atoms with Crippen molar-refractivity contribution in [1.29, 1.82) is 0 Å². The van der Waals surface area contributed by atoms with Crippen molar-refractivity contribution in [3.05, 3.63) is 29.3 Å². The highest BCUT2D eigenvalue weighted by atomic mass is 16.5. The topological polar surface area (TPSA) is 63.8 Å². The molecule has 5 nitrogen and oxygen atoms in total. The Kier molecular flexibility index (Phi) is 4.27. The zero-order valence-electron chi connectivity index (χ0n) is 11.9. The molecule has 0 unspecified atom stereocenters. The highest BCUT2D eigenvalue weighted by Crippen LogP contribution is 2.18. The zero-order valence-corrected chi connectivity index (χ0v) is 11.9. The minimum Gasteiger partial charge on any atom is -0.337 e. The van der Waals surface area contributed by atoms with Crippen LogP contribution in [-0.4, -0.2) is 21.7 Å². The van der Waals surface area contributed by atoms with E-state index in [4.69, 9.17) is 4.52 Å². The predicted molar refractivity (Wildman–Crippen MR) is 73.5 cm³/mol. The maximum absolute atomic E-state index is 5.22. The average molecular weight is 260 g/mol. The molecule has 0 fully saturated rings. The van der Waals surface area contributed by atoms with Gasteiger partial charge in [-0.25, -0.2) is 0 Å². The quantitative estimate of drug-likeness (QED) is 0.894. The molecule has 0 aromatic carbocycles. The van der Waals surface area contributed by atoms with E-state index >= 15 is 0 Å². The predicted octanol–water partition coefficient (Wildman–Crippen LogP) is 2.49. The molecule has 2 aromatic heterocycles. The molecule has 2 heterocycles. The number of hydrogen-bond donors (Lipinski definition) is 1. The number of nitrogens with zero attached hydrogens (tertiary/aromatic N) is 3. The lowest BCUT2D eigenvalue weighted by molar-refractivity contribution is 0.364. The van der Waals surface area contributed by atoms with Gasteiger partial charge in [0.05, 0.1) is 6.54 Å². The molecular formula is C14H20N4O. The normalized spacial score (nSPS) is 11.2. The Morgan fingerprint density at radius 3 is 2.79 bits per heavy atom. The second kappa shape index (κ2) is 5.93. The first kappa shape index (κ1) is 13.7. The highest BCUT2D eigenvalue weighted by Gasteiger charge is 2.12. The summed E-state index contributed by atoms with van der Waals surface area (Å²) < 4.78 is 5.22. The van der Waals surface area contributed by atoms with Gasteiger partial charge >= 0.3 is 0 Å². The van der Waals surface area contributed by atoms with Crippen molar-refractivity contribution in [2.75, 3.05) is 6.54 Å². The fourth-order valence-electron chi connectivity index (χ4n) is 1.84. The van der Waals surface area contributed by atoms with Crippen LogP contribution in [0, 0.1) is 19.8 Å². The molecule has 2 rings (SSSR count). The van der Waals surface area contributed by atoms with E-state index in [9.17, 15) is 0 Å². The maximum Gasteiger partial charge on any atom is 0.240 e. The van der Waals surface area contributed by atoms with E-state index < -0.39 is 0 Å². The van der Waals surface area contributed by atoms with Gasteiger partial charge in [-0.05, 0) is 37.4 Å². The van der Waals surface area contributed by atoms with Crippen molar-refractivity contribution in [3.63, 3.8) is 0 Å². The molecule has 2 aromatic rings. The monoisotopic (exact) mass is 260 g/mol. The van der Waals surface area contributed by atoms with Crippen molar-refractivity contribution in [2.45, 2.75) is 34.2 Å². The lowest BCUT2D eigenvalue weighted by atomic mass is 10.1. The molecule has 0 aliphatic carbocycles. The van der Waals surface area contributed by atoms with Crippen LogP contribution in [0.3, 0.4) is 0 Å². The van der Waals surface area contributed by atoms with Gasteiger partial charge in [0.1, 0.15) is 5.69 Å². The first-order valence-corrected chi connectivity index (χ1v) is 6.53. The molecule has 0 aliphatic rings. The molecule has 5 heteroatoms. The van der Waals surface area contributed by atoms with Gasteiger partial charge in [-0.15, -0.1) is 0 Å². The molecule has 0 atom stereocenters. The second-order valence-electron chi connectivity index (χ2n) is 5.21. The van der Waals surface area contributed by atoms with Crippen LogP contribution in [-0.2, 0) is 6.54 Å². The molecule has 0 spiro atoms. The minimum absolute atomic E-state index is 0.554. The van der Waals surface area contributed by atoms with E-state index in [1.54, 1.807) is 0 Å². The van der Waals surface area contributed by atoms with E-state index in [0.29, 0.717) is 24.2 Å². The van der Waals surface area contributed by atoms with Crippen molar-refractivity contribution < 1.29 is 4.52 Å². The van der Waals surface area contributed by atoms with E-state index in [2.05, 4.69) is 40.4 Å². The zero-order chi connectivity index (χ0) is 13.8. The molecular weight excluding hydrogens is 240 g/mol. The standard InChI is InChI=1S/C14H20N4O/c1-9(2)6-15-8-12-17-14(18-19-12)13-11(4)5-10(3)7-16-13/h5,7,9,15H,6,8H2,1-4H3. The van der Waals surface area contributed by atoms with Crippen molar-refractivity contribution in [3.8, 4) is 11.5 Å². The third-order valence-corrected chi connectivity index (χ3v) is 2.72. The molecule has 0 aliphatic heterocycles. The Morgan fingerprint density at radius 1 is 1.32 bits per heavy atom. The average Bonchev–Trinajstić information content (AvgIpc) is 2.77. The fraction of sp³-hybridized carbons (Fsp3) is 0.500. The fourth-order valence-corrected chi connectivity index (χ4v) is 1.84. The van der Waals surface area contributed by atoms with Gasteiger partial charge in [0.15, 0.2) is 0 Å². The van der Waals surface area contributed by atoms with Gasteiger partial charge < -0.3 is 9.84 Å². The molecule has 1 N–H and O–H groups in total. The molecule has 0 bridgehead atoms. The molecule has 0 saturated heterocycles. The molecule has 0 amide bonds. The first-order chi connectivity index (χ1) is 9.06. The summed E-state index contributed by atoms with van der Waals surface area (Å²) in [6, 6.07) is 2.06. The third kappa shape index (κ3) is 3.61. The van der Waals surface area contributed by atoms with Crippen LogP contribution in [0.4, 0.5) is 0 Å². The Hall–Kier alpha value is -1.75. The van der Waals surface area contributed by atoms with E-state index in [0.717, 1.165) is 23.4 Å². The maximum atomic E-state index is 5.22. The number of pyridine rings is 1. The summed E-state index contributed by atoms with van der Waals surface area (Å²) in [4.78, 5) is 8.73. The van der Waals surface area contributed by atoms with Gasteiger partial charge in [0, 0.05) is 6.20 Å². The van der Waals surface area contributed by atoms with Crippen LogP contribution in [0.15, 0.2) is 16.8 Å². The van der Waals surface area contributed by atoms with Crippen LogP contribution in [0.5, 0.6) is 0 Å². The van der Waals surface area contributed by atoms with Crippen LogP contribution < -0.4 is 5.32 Å². The van der Waals surface area contributed by atoms with E-state index in [1.165, 1.54) is 0 Å². The Morgan fingerprint density at radius 2 is 2.11 bits per heavy atom. The smallest absolute Gasteiger partial charge is 0.240 e. The van der Waals surface area contributed by atoms with Gasteiger partial charge in [-0.1, -0.05) is 25.1 Å². The summed E-state index contributed by atoms with van der Waals surface area (Å²) in [5.41, 5.74) is 2.97. The number of hydrogen-bond acceptors (Lipinski definition) is 5. The second-order valence-corrected chi connectivity index (χ2v) is 5.21. The summed E-state index contributed by atoms with van der Waals surface area (Å²) in [7, 11) is 0. The summed E-state index contributed by atoms with van der Waals surface area (Å²) >= 11 is 0. The lowest BCUT2D eigenvalue weighted by Crippen LogP contribution is -2.19. The summed E-state index contributed by atoms with van der Waals surface area (Å²) in [5.74, 6) is 1.75. The lowest BCUT2D eigenvalue weighted by Gasteiger charge is -2.03. The van der Waals surface area contributed by atoms with Crippen molar-refractivity contribution >= 4 is 0 Å². The van der Waals surface area contributed by atoms with Gasteiger partial charge in [0.25, 0.3) is 0 Å². The van der Waals surface area contributed by atoms with Gasteiger partial charge in [-0.2, -0.15) is 4.98 Å². The van der Waals surface area contributed by atoms with Crippen LogP contribution >= 0.6 is 0 Å². The van der Waals surface area contributed by atoms with E-state index in [-0.39, 0.29) is 0 Å². The van der Waals surface area contributed by atoms with Crippen LogP contribution in [0.25, 0.3) is 11.5 Å². The number of aryl methyl sites for hydroxylation is 2. The minimum atomic E-state index is 0.554. The Labute approximate surface area is 113 Å². The van der Waals surface area contributed by atoms with Gasteiger partial charge in [0.2, 0.25) is 11.7 Å². The molecule has 0 radical (unpaired) electrons. The van der Waals surface area contributed by atoms with Crippen molar-refractivity contribution in [2.24, 2.45) is 5.92 Å². The third-order valence-electron chi connectivity index (χ3n) is 2.72. The largest absolute Gasteiger partial charge is 0.337 e. The highest BCUT2D eigenvalue weighted by molar-refractivity contribution is 5.53. The number of nitrogens with one attached hydrogen (secondary N) is 1. The summed E-state index contributed by atoms with van der Waals surface area (Å²) in [5, 5.41) is 7.26. The summed E-state index contributed by atoms with van der Waals surface area (Å²) in [6.07, 6.45) is 1.81. The summed E-state index contributed by atoms with van der Waals surface area (Å²) in [6.45, 7) is 9.86. The van der Waals surface area contributed by atoms with E-state index in [1.807, 2.05) is 20.0 Å². The molecule has 19 heavy (non-hydrogen) atoms. The molecule has 0 saturated carbocycles. The number of aromatic nitrogens is 3. The van der Waals surface area contributed by atoms with Gasteiger partial charge in [-0.3, -0.25) is 4.98 Å². The molecule has 102 valence electrons. The van der Waals surface area contributed by atoms with Crippen LogP contribution in [0.2, 0.25) is 0 Å². The Bertz CT molecular complexity index is 548. The Balaban J connectivity index is 2.08. The van der Waals surface area contributed by atoms with Crippen LogP contribution in [0.1, 0.15) is 30.9 Å². The first-order valence-electron chi connectivity index (χ1n) is 6.53. The SMILES string of the molecule is Cc1cnc(-c2noc(CNCC(C)C)n2)c(C)c1.